The molecule has 2 unspecified atom stereocenters. The first-order valence-electron chi connectivity index (χ1n) is 6.73. The highest BCUT2D eigenvalue weighted by Gasteiger charge is 2.42. The molecule has 0 saturated heterocycles. The first-order valence-corrected chi connectivity index (χ1v) is 6.73. The zero-order valence-electron chi connectivity index (χ0n) is 10.9. The van der Waals surface area contributed by atoms with Crippen LogP contribution in [-0.4, -0.2) is 28.9 Å². The van der Waals surface area contributed by atoms with E-state index in [0.717, 1.165) is 18.8 Å². The molecule has 2 atom stereocenters. The normalized spacial score (nSPS) is 22.5. The first kappa shape index (κ1) is 14.8. The zero-order chi connectivity index (χ0) is 11.7. The molecular formula is C13H25ClN2O. The second-order valence-corrected chi connectivity index (χ2v) is 5.45. The van der Waals surface area contributed by atoms with Gasteiger partial charge in [-0.05, 0) is 44.9 Å². The Morgan fingerprint density at radius 3 is 2.35 bits per heavy atom. The highest BCUT2D eigenvalue weighted by atomic mass is 35.5. The van der Waals surface area contributed by atoms with Crippen LogP contribution in [0.25, 0.3) is 0 Å². The van der Waals surface area contributed by atoms with Gasteiger partial charge in [-0.2, -0.15) is 0 Å². The van der Waals surface area contributed by atoms with Crippen LogP contribution in [0.2, 0.25) is 0 Å². The fourth-order valence-corrected chi connectivity index (χ4v) is 2.50. The summed E-state index contributed by atoms with van der Waals surface area (Å²) in [6, 6.07) is 0.653. The Bertz CT molecular complexity index is 264. The molecule has 0 aliphatic heterocycles. The molecule has 2 aliphatic rings. The predicted octanol–water partition coefficient (Wildman–Crippen LogP) is 2.33. The lowest BCUT2D eigenvalue weighted by atomic mass is 10.1. The minimum Gasteiger partial charge on any atom is -0.335 e. The number of carbonyl (C=O) groups excluding carboxylic acids is 1. The van der Waals surface area contributed by atoms with E-state index < -0.39 is 0 Å². The highest BCUT2D eigenvalue weighted by Crippen LogP contribution is 2.39. The van der Waals surface area contributed by atoms with Crippen LogP contribution in [0.15, 0.2) is 0 Å². The molecule has 1 amide bonds. The van der Waals surface area contributed by atoms with E-state index in [1.807, 2.05) is 0 Å². The maximum absolute atomic E-state index is 12.3. The number of amides is 1. The lowest BCUT2D eigenvalue weighted by Crippen LogP contribution is -2.49. The fourth-order valence-electron chi connectivity index (χ4n) is 2.50. The van der Waals surface area contributed by atoms with Crippen molar-refractivity contribution in [1.29, 1.82) is 0 Å². The Morgan fingerprint density at radius 1 is 1.35 bits per heavy atom. The third-order valence-electron chi connectivity index (χ3n) is 3.85. The maximum Gasteiger partial charge on any atom is 0.239 e. The van der Waals surface area contributed by atoms with Gasteiger partial charge in [0.25, 0.3) is 0 Å². The van der Waals surface area contributed by atoms with Crippen LogP contribution in [0.1, 0.15) is 52.4 Å². The standard InChI is InChI=1S/C13H24N2O.ClH/c1-3-4-12(14)13(16)15(11-7-8-11)9(2)10-5-6-10;/h9-12H,3-8,14H2,1-2H3;1H. The van der Waals surface area contributed by atoms with Crippen LogP contribution in [0.5, 0.6) is 0 Å². The molecule has 0 heterocycles. The van der Waals surface area contributed by atoms with E-state index in [-0.39, 0.29) is 24.4 Å². The topological polar surface area (TPSA) is 46.3 Å². The lowest BCUT2D eigenvalue weighted by molar-refractivity contribution is -0.135. The van der Waals surface area contributed by atoms with E-state index in [1.165, 1.54) is 25.7 Å². The molecule has 0 aromatic heterocycles. The average Bonchev–Trinajstić information content (AvgIpc) is 3.10. The second-order valence-electron chi connectivity index (χ2n) is 5.45. The summed E-state index contributed by atoms with van der Waals surface area (Å²) in [6.45, 7) is 4.28. The van der Waals surface area contributed by atoms with Gasteiger partial charge in [0.1, 0.15) is 0 Å². The summed E-state index contributed by atoms with van der Waals surface area (Å²) in [5, 5.41) is 0. The summed E-state index contributed by atoms with van der Waals surface area (Å²) < 4.78 is 0. The van der Waals surface area contributed by atoms with E-state index in [9.17, 15) is 4.79 Å². The quantitative estimate of drug-likeness (QED) is 0.797. The molecule has 2 aliphatic carbocycles. The van der Waals surface area contributed by atoms with Crippen molar-refractivity contribution < 1.29 is 4.79 Å². The van der Waals surface area contributed by atoms with Crippen LogP contribution in [0, 0.1) is 5.92 Å². The summed E-state index contributed by atoms with van der Waals surface area (Å²) in [6.07, 6.45) is 6.76. The van der Waals surface area contributed by atoms with Gasteiger partial charge in [0, 0.05) is 12.1 Å². The third kappa shape index (κ3) is 3.59. The van der Waals surface area contributed by atoms with Crippen molar-refractivity contribution in [3.05, 3.63) is 0 Å². The van der Waals surface area contributed by atoms with Gasteiger partial charge in [-0.1, -0.05) is 13.3 Å². The highest BCUT2D eigenvalue weighted by molar-refractivity contribution is 5.85. The van der Waals surface area contributed by atoms with Crippen molar-refractivity contribution in [2.75, 3.05) is 0 Å². The van der Waals surface area contributed by atoms with Crippen LogP contribution in [0.4, 0.5) is 0 Å². The lowest BCUT2D eigenvalue weighted by Gasteiger charge is -2.31. The number of nitrogens with zero attached hydrogens (tertiary/aromatic N) is 1. The SMILES string of the molecule is CCCC(N)C(=O)N(C1CC1)C(C)C1CC1.Cl. The van der Waals surface area contributed by atoms with Crippen molar-refractivity contribution in [2.45, 2.75) is 70.5 Å². The Labute approximate surface area is 111 Å². The molecule has 3 nitrogen and oxygen atoms in total. The first-order chi connectivity index (χ1) is 7.65. The predicted molar refractivity (Wildman–Crippen MR) is 72.2 cm³/mol. The van der Waals surface area contributed by atoms with Gasteiger partial charge in [-0.3, -0.25) is 4.79 Å². The zero-order valence-corrected chi connectivity index (χ0v) is 11.7. The maximum atomic E-state index is 12.3. The van der Waals surface area contributed by atoms with Gasteiger partial charge in [0.2, 0.25) is 5.91 Å². The van der Waals surface area contributed by atoms with E-state index in [1.54, 1.807) is 0 Å². The summed E-state index contributed by atoms with van der Waals surface area (Å²) in [4.78, 5) is 14.4. The number of rotatable bonds is 6. The molecule has 100 valence electrons. The minimum atomic E-state index is -0.271. The molecule has 2 N–H and O–H groups in total. The van der Waals surface area contributed by atoms with Crippen molar-refractivity contribution in [3.8, 4) is 0 Å². The van der Waals surface area contributed by atoms with Crippen LogP contribution in [0.3, 0.4) is 0 Å². The Kier molecular flexibility index (Phi) is 5.26. The number of carbonyl (C=O) groups is 1. The number of nitrogens with two attached hydrogens (primary N) is 1. The van der Waals surface area contributed by atoms with Crippen molar-refractivity contribution in [1.82, 2.24) is 4.90 Å². The van der Waals surface area contributed by atoms with Crippen LogP contribution < -0.4 is 5.73 Å². The van der Waals surface area contributed by atoms with Gasteiger partial charge in [0.05, 0.1) is 6.04 Å². The summed E-state index contributed by atoms with van der Waals surface area (Å²) in [5.41, 5.74) is 5.96. The van der Waals surface area contributed by atoms with Crippen LogP contribution in [-0.2, 0) is 4.79 Å². The molecule has 2 rings (SSSR count). The molecule has 17 heavy (non-hydrogen) atoms. The number of hydrogen-bond donors (Lipinski definition) is 1. The minimum absolute atomic E-state index is 0. The third-order valence-corrected chi connectivity index (χ3v) is 3.85. The fraction of sp³-hybridized carbons (Fsp3) is 0.923. The molecule has 0 aromatic rings. The average molecular weight is 261 g/mol. The molecule has 0 spiro atoms. The monoisotopic (exact) mass is 260 g/mol. The molecule has 2 saturated carbocycles. The molecule has 2 fully saturated rings. The summed E-state index contributed by atoms with van der Waals surface area (Å²) in [7, 11) is 0. The van der Waals surface area contributed by atoms with Gasteiger partial charge in [-0.25, -0.2) is 0 Å². The Hall–Kier alpha value is -0.280. The van der Waals surface area contributed by atoms with Gasteiger partial charge >= 0.3 is 0 Å². The van der Waals surface area contributed by atoms with Gasteiger partial charge in [-0.15, -0.1) is 12.4 Å². The van der Waals surface area contributed by atoms with E-state index in [4.69, 9.17) is 5.73 Å². The molecule has 0 radical (unpaired) electrons. The smallest absolute Gasteiger partial charge is 0.239 e. The van der Waals surface area contributed by atoms with Crippen molar-refractivity contribution in [2.24, 2.45) is 11.7 Å². The Morgan fingerprint density at radius 2 is 1.94 bits per heavy atom. The molecule has 4 heteroatoms. The van der Waals surface area contributed by atoms with Crippen molar-refractivity contribution in [3.63, 3.8) is 0 Å². The van der Waals surface area contributed by atoms with Gasteiger partial charge in [0.15, 0.2) is 0 Å². The van der Waals surface area contributed by atoms with E-state index in [2.05, 4.69) is 18.7 Å². The van der Waals surface area contributed by atoms with Gasteiger partial charge < -0.3 is 10.6 Å². The second kappa shape index (κ2) is 6.05. The molecule has 0 aromatic carbocycles. The number of hydrogen-bond acceptors (Lipinski definition) is 2. The van der Waals surface area contributed by atoms with Crippen LogP contribution >= 0.6 is 12.4 Å². The summed E-state index contributed by atoms with van der Waals surface area (Å²) >= 11 is 0. The molecule has 0 bridgehead atoms. The largest absolute Gasteiger partial charge is 0.335 e. The van der Waals surface area contributed by atoms with E-state index in [0.29, 0.717) is 12.1 Å². The Balaban J connectivity index is 0.00000144. The van der Waals surface area contributed by atoms with Crippen molar-refractivity contribution >= 4 is 18.3 Å². The summed E-state index contributed by atoms with van der Waals surface area (Å²) in [5.74, 6) is 0.946. The molecular weight excluding hydrogens is 236 g/mol. The van der Waals surface area contributed by atoms with E-state index >= 15 is 0 Å². The number of halogens is 1.